The SMILES string of the molecule is COC1=C(c2ccc(Cl)c(Cl)c2)C(N)=NC(N)N1C. The van der Waals surface area contributed by atoms with Crippen LogP contribution in [0.25, 0.3) is 5.57 Å². The average Bonchev–Trinajstić information content (AvgIpc) is 2.37. The first kappa shape index (κ1) is 14.0. The highest BCUT2D eigenvalue weighted by Gasteiger charge is 2.26. The van der Waals surface area contributed by atoms with Crippen LogP contribution in [0, 0.1) is 0 Å². The van der Waals surface area contributed by atoms with Gasteiger partial charge in [-0.05, 0) is 17.7 Å². The minimum Gasteiger partial charge on any atom is -0.482 e. The second-order valence-corrected chi connectivity index (χ2v) is 4.87. The number of rotatable bonds is 2. The summed E-state index contributed by atoms with van der Waals surface area (Å²) in [5, 5.41) is 0.911. The number of nitrogens with zero attached hydrogens (tertiary/aromatic N) is 2. The maximum absolute atomic E-state index is 6.02. The van der Waals surface area contributed by atoms with E-state index in [1.165, 1.54) is 0 Å². The molecule has 1 unspecified atom stereocenters. The van der Waals surface area contributed by atoms with E-state index >= 15 is 0 Å². The Balaban J connectivity index is 2.59. The molecule has 0 spiro atoms. The van der Waals surface area contributed by atoms with Gasteiger partial charge in [0.25, 0.3) is 0 Å². The molecule has 1 aliphatic heterocycles. The van der Waals surface area contributed by atoms with Crippen molar-refractivity contribution < 1.29 is 4.74 Å². The number of hydrogen-bond donors (Lipinski definition) is 2. The predicted molar refractivity (Wildman–Crippen MR) is 77.8 cm³/mol. The Morgan fingerprint density at radius 3 is 2.58 bits per heavy atom. The first-order valence-corrected chi connectivity index (χ1v) is 6.27. The molecule has 2 rings (SSSR count). The van der Waals surface area contributed by atoms with Crippen LogP contribution in [0.3, 0.4) is 0 Å². The Morgan fingerprint density at radius 2 is 2.00 bits per heavy atom. The van der Waals surface area contributed by atoms with Crippen molar-refractivity contribution in [3.8, 4) is 0 Å². The molecule has 0 saturated heterocycles. The van der Waals surface area contributed by atoms with Crippen molar-refractivity contribution >= 4 is 34.6 Å². The molecule has 0 bridgehead atoms. The van der Waals surface area contributed by atoms with Crippen LogP contribution in [0.4, 0.5) is 0 Å². The highest BCUT2D eigenvalue weighted by molar-refractivity contribution is 6.42. The molecule has 7 heteroatoms. The number of hydrogen-bond acceptors (Lipinski definition) is 5. The Hall–Kier alpha value is -1.43. The molecule has 5 nitrogen and oxygen atoms in total. The fraction of sp³-hybridized carbons (Fsp3) is 0.250. The van der Waals surface area contributed by atoms with E-state index in [-0.39, 0.29) is 0 Å². The third kappa shape index (κ3) is 2.49. The molecule has 1 aliphatic rings. The molecule has 0 aromatic heterocycles. The topological polar surface area (TPSA) is 76.9 Å². The summed E-state index contributed by atoms with van der Waals surface area (Å²) in [5.74, 6) is 0.847. The van der Waals surface area contributed by atoms with Gasteiger partial charge in [-0.15, -0.1) is 0 Å². The quantitative estimate of drug-likeness (QED) is 0.874. The Morgan fingerprint density at radius 1 is 1.32 bits per heavy atom. The van der Waals surface area contributed by atoms with E-state index in [4.69, 9.17) is 39.4 Å². The Labute approximate surface area is 121 Å². The maximum Gasteiger partial charge on any atom is 0.203 e. The van der Waals surface area contributed by atoms with Gasteiger partial charge in [0.05, 0.1) is 22.7 Å². The number of nitrogens with two attached hydrogens (primary N) is 2. The summed E-state index contributed by atoms with van der Waals surface area (Å²) in [7, 11) is 3.33. The number of halogens is 2. The zero-order chi connectivity index (χ0) is 14.2. The van der Waals surface area contributed by atoms with Crippen LogP contribution < -0.4 is 11.5 Å². The van der Waals surface area contributed by atoms with Gasteiger partial charge in [-0.2, -0.15) is 0 Å². The van der Waals surface area contributed by atoms with Crippen LogP contribution in [0.15, 0.2) is 29.1 Å². The van der Waals surface area contributed by atoms with Crippen molar-refractivity contribution in [2.75, 3.05) is 14.2 Å². The summed E-state index contributed by atoms with van der Waals surface area (Å²) in [4.78, 5) is 5.84. The van der Waals surface area contributed by atoms with Gasteiger partial charge < -0.3 is 15.4 Å². The molecule has 0 aliphatic carbocycles. The Bertz CT molecular complexity index is 571. The lowest BCUT2D eigenvalue weighted by Crippen LogP contribution is -2.43. The Kier molecular flexibility index (Phi) is 3.89. The third-order valence-electron chi connectivity index (χ3n) is 2.86. The molecular weight excluding hydrogens is 287 g/mol. The fourth-order valence-electron chi connectivity index (χ4n) is 1.87. The first-order valence-electron chi connectivity index (χ1n) is 5.51. The summed E-state index contributed by atoms with van der Waals surface area (Å²) >= 11 is 11.9. The van der Waals surface area contributed by atoms with Gasteiger partial charge in [0.1, 0.15) is 5.84 Å². The fourth-order valence-corrected chi connectivity index (χ4v) is 2.17. The van der Waals surface area contributed by atoms with Gasteiger partial charge in [-0.1, -0.05) is 29.3 Å². The lowest BCUT2D eigenvalue weighted by molar-refractivity contribution is 0.144. The van der Waals surface area contributed by atoms with Crippen molar-refractivity contribution in [2.24, 2.45) is 16.5 Å². The molecule has 0 radical (unpaired) electrons. The number of aliphatic imine (C=N–C) groups is 1. The van der Waals surface area contributed by atoms with Gasteiger partial charge in [0.15, 0.2) is 6.29 Å². The van der Waals surface area contributed by atoms with Crippen LogP contribution in [0.2, 0.25) is 10.0 Å². The van der Waals surface area contributed by atoms with Crippen LogP contribution in [-0.2, 0) is 4.74 Å². The number of ether oxygens (including phenoxy) is 1. The maximum atomic E-state index is 6.02. The highest BCUT2D eigenvalue weighted by Crippen LogP contribution is 2.30. The molecule has 0 amide bonds. The lowest BCUT2D eigenvalue weighted by Gasteiger charge is -2.31. The molecule has 1 heterocycles. The van der Waals surface area contributed by atoms with E-state index in [1.54, 1.807) is 37.3 Å². The molecule has 1 atom stereocenters. The van der Waals surface area contributed by atoms with E-state index in [1.807, 2.05) is 0 Å². The van der Waals surface area contributed by atoms with E-state index in [0.717, 1.165) is 5.56 Å². The molecule has 4 N–H and O–H groups in total. The van der Waals surface area contributed by atoms with E-state index in [0.29, 0.717) is 27.3 Å². The molecule has 102 valence electrons. The van der Waals surface area contributed by atoms with Crippen molar-refractivity contribution in [3.63, 3.8) is 0 Å². The normalized spacial score (nSPS) is 19.5. The monoisotopic (exact) mass is 300 g/mol. The van der Waals surface area contributed by atoms with Gasteiger partial charge in [-0.25, -0.2) is 4.99 Å². The van der Waals surface area contributed by atoms with Crippen LogP contribution >= 0.6 is 23.2 Å². The molecule has 1 aromatic rings. The van der Waals surface area contributed by atoms with Gasteiger partial charge in [0, 0.05) is 7.05 Å². The van der Waals surface area contributed by atoms with Crippen molar-refractivity contribution in [1.29, 1.82) is 0 Å². The minimum atomic E-state index is -0.568. The van der Waals surface area contributed by atoms with Crippen LogP contribution in [0.1, 0.15) is 5.56 Å². The standard InChI is InChI=1S/C12H14Cl2N4O/c1-18-11(19-2)9(10(15)17-12(18)16)6-3-4-7(13)8(14)5-6/h3-5,12H,16H2,1-2H3,(H2,15,17). The van der Waals surface area contributed by atoms with Crippen molar-refractivity contribution in [3.05, 3.63) is 39.7 Å². The van der Waals surface area contributed by atoms with Gasteiger partial charge >= 0.3 is 0 Å². The van der Waals surface area contributed by atoms with E-state index in [2.05, 4.69) is 4.99 Å². The van der Waals surface area contributed by atoms with E-state index < -0.39 is 6.29 Å². The number of benzene rings is 1. The molecule has 19 heavy (non-hydrogen) atoms. The molecule has 0 fully saturated rings. The molecule has 1 aromatic carbocycles. The van der Waals surface area contributed by atoms with Crippen molar-refractivity contribution in [2.45, 2.75) is 6.29 Å². The van der Waals surface area contributed by atoms with Crippen molar-refractivity contribution in [1.82, 2.24) is 4.90 Å². The summed E-state index contributed by atoms with van der Waals surface area (Å²) in [6.07, 6.45) is -0.568. The van der Waals surface area contributed by atoms with Gasteiger partial charge in [-0.3, -0.25) is 5.73 Å². The number of methoxy groups -OCH3 is 1. The third-order valence-corrected chi connectivity index (χ3v) is 3.60. The number of amidine groups is 1. The lowest BCUT2D eigenvalue weighted by atomic mass is 10.0. The summed E-state index contributed by atoms with van der Waals surface area (Å²) < 4.78 is 5.37. The highest BCUT2D eigenvalue weighted by atomic mass is 35.5. The van der Waals surface area contributed by atoms with Crippen LogP contribution in [-0.4, -0.2) is 31.2 Å². The second-order valence-electron chi connectivity index (χ2n) is 4.05. The summed E-state index contributed by atoms with van der Waals surface area (Å²) in [5.41, 5.74) is 13.2. The summed E-state index contributed by atoms with van der Waals surface area (Å²) in [6.45, 7) is 0. The smallest absolute Gasteiger partial charge is 0.203 e. The molecule has 0 saturated carbocycles. The zero-order valence-corrected chi connectivity index (χ0v) is 12.0. The average molecular weight is 301 g/mol. The van der Waals surface area contributed by atoms with Crippen LogP contribution in [0.5, 0.6) is 0 Å². The van der Waals surface area contributed by atoms with E-state index in [9.17, 15) is 0 Å². The predicted octanol–water partition coefficient (Wildman–Crippen LogP) is 1.85. The second kappa shape index (κ2) is 5.28. The summed E-state index contributed by atoms with van der Waals surface area (Å²) in [6, 6.07) is 5.21. The van der Waals surface area contributed by atoms with Gasteiger partial charge in [0.2, 0.25) is 5.88 Å². The first-order chi connectivity index (χ1) is 8.95. The minimum absolute atomic E-state index is 0.306. The molecular formula is C12H14Cl2N4O. The largest absolute Gasteiger partial charge is 0.482 e. The zero-order valence-electron chi connectivity index (χ0n) is 10.5.